The van der Waals surface area contributed by atoms with E-state index < -0.39 is 0 Å². The van der Waals surface area contributed by atoms with Gasteiger partial charge in [-0.25, -0.2) is 0 Å². The summed E-state index contributed by atoms with van der Waals surface area (Å²) in [6.45, 7) is 2.52. The molecule has 25 heavy (non-hydrogen) atoms. The zero-order valence-corrected chi connectivity index (χ0v) is 15.8. The Morgan fingerprint density at radius 1 is 1.20 bits per heavy atom. The second kappa shape index (κ2) is 6.55. The maximum atomic E-state index is 12.7. The van der Waals surface area contributed by atoms with Crippen LogP contribution in [0.25, 0.3) is 0 Å². The van der Waals surface area contributed by atoms with Gasteiger partial charge in [0, 0.05) is 25.0 Å². The zero-order chi connectivity index (χ0) is 17.4. The summed E-state index contributed by atoms with van der Waals surface area (Å²) in [4.78, 5) is 31.1. The summed E-state index contributed by atoms with van der Waals surface area (Å²) >= 11 is 3.23. The maximum absolute atomic E-state index is 12.7. The molecule has 2 aliphatic heterocycles. The molecule has 2 saturated heterocycles. The second-order valence-electron chi connectivity index (χ2n) is 6.92. The molecule has 1 atom stereocenters. The lowest BCUT2D eigenvalue weighted by molar-refractivity contribution is -0.130. The Labute approximate surface area is 155 Å². The predicted molar refractivity (Wildman–Crippen MR) is 101 cm³/mol. The van der Waals surface area contributed by atoms with Crippen molar-refractivity contribution >= 4 is 40.2 Å². The molecule has 0 radical (unpaired) electrons. The number of thiophene rings is 2. The van der Waals surface area contributed by atoms with Crippen LogP contribution in [0.1, 0.15) is 12.0 Å². The van der Waals surface area contributed by atoms with Crippen LogP contribution in [0.4, 0.5) is 5.69 Å². The van der Waals surface area contributed by atoms with Gasteiger partial charge in [0.2, 0.25) is 11.8 Å². The number of anilines is 1. The average molecular weight is 376 g/mol. The summed E-state index contributed by atoms with van der Waals surface area (Å²) in [5.41, 5.74) is 1.92. The van der Waals surface area contributed by atoms with Crippen molar-refractivity contribution in [2.24, 2.45) is 0 Å². The van der Waals surface area contributed by atoms with Gasteiger partial charge >= 0.3 is 0 Å². The number of carbonyl (C=O) groups is 2. The third kappa shape index (κ3) is 3.12. The summed E-state index contributed by atoms with van der Waals surface area (Å²) < 4.78 is 0. The molecule has 132 valence electrons. The van der Waals surface area contributed by atoms with Gasteiger partial charge in [-0.2, -0.15) is 22.7 Å². The molecule has 0 saturated carbocycles. The number of hydrogen-bond acceptors (Lipinski definition) is 5. The lowest BCUT2D eigenvalue weighted by atomic mass is 9.93. The third-order valence-electron chi connectivity index (χ3n) is 5.37. The highest BCUT2D eigenvalue weighted by Gasteiger charge is 2.48. The molecule has 1 spiro atoms. The van der Waals surface area contributed by atoms with Crippen molar-refractivity contribution in [2.75, 3.05) is 38.1 Å². The summed E-state index contributed by atoms with van der Waals surface area (Å²) in [6, 6.07) is 4.01. The Morgan fingerprint density at radius 3 is 2.72 bits per heavy atom. The van der Waals surface area contributed by atoms with Crippen LogP contribution < -0.4 is 4.90 Å². The van der Waals surface area contributed by atoms with Crippen molar-refractivity contribution in [1.29, 1.82) is 0 Å². The van der Waals surface area contributed by atoms with E-state index in [-0.39, 0.29) is 17.4 Å². The first-order valence-corrected chi connectivity index (χ1v) is 10.3. The Hall–Kier alpha value is -1.70. The summed E-state index contributed by atoms with van der Waals surface area (Å²) in [5.74, 6) is 0.317. The Kier molecular flexibility index (Phi) is 4.39. The van der Waals surface area contributed by atoms with Gasteiger partial charge in [0.15, 0.2) is 0 Å². The van der Waals surface area contributed by atoms with Crippen LogP contribution in [0, 0.1) is 0 Å². The minimum atomic E-state index is -0.139. The molecule has 2 amide bonds. The van der Waals surface area contributed by atoms with Crippen LogP contribution >= 0.6 is 22.7 Å². The fourth-order valence-corrected chi connectivity index (χ4v) is 5.11. The molecule has 2 fully saturated rings. The molecule has 4 rings (SSSR count). The molecular formula is C18H21N3O2S2. The summed E-state index contributed by atoms with van der Waals surface area (Å²) in [7, 11) is 2.01. The largest absolute Gasteiger partial charge is 0.340 e. The first kappa shape index (κ1) is 16.8. The number of hydrogen-bond donors (Lipinski definition) is 0. The summed E-state index contributed by atoms with van der Waals surface area (Å²) in [6.07, 6.45) is 1.38. The van der Waals surface area contributed by atoms with E-state index in [9.17, 15) is 9.59 Å². The highest BCUT2D eigenvalue weighted by Crippen LogP contribution is 2.34. The van der Waals surface area contributed by atoms with E-state index >= 15 is 0 Å². The predicted octanol–water partition coefficient (Wildman–Crippen LogP) is 2.30. The number of carbonyl (C=O) groups excluding carboxylic acids is 2. The molecule has 0 aliphatic carbocycles. The SMILES string of the molecule is CN1CC(=O)N(c2ccsc2)C[C@]12CCN(C(=O)Cc1ccsc1)C2. The van der Waals surface area contributed by atoms with E-state index in [0.717, 1.165) is 24.2 Å². The fraction of sp³-hybridized carbons (Fsp3) is 0.444. The lowest BCUT2D eigenvalue weighted by Crippen LogP contribution is -2.64. The molecule has 0 N–H and O–H groups in total. The van der Waals surface area contributed by atoms with Gasteiger partial charge in [0.05, 0.1) is 24.2 Å². The van der Waals surface area contributed by atoms with E-state index in [1.165, 1.54) is 0 Å². The second-order valence-corrected chi connectivity index (χ2v) is 8.48. The molecule has 7 heteroatoms. The van der Waals surface area contributed by atoms with Gasteiger partial charge in [0.1, 0.15) is 0 Å². The molecule has 2 aromatic rings. The van der Waals surface area contributed by atoms with Gasteiger partial charge in [-0.3, -0.25) is 14.5 Å². The monoisotopic (exact) mass is 375 g/mol. The van der Waals surface area contributed by atoms with Gasteiger partial charge in [-0.05, 0) is 47.3 Å². The van der Waals surface area contributed by atoms with Crippen LogP contribution in [0.2, 0.25) is 0 Å². The average Bonchev–Trinajstić information content (AvgIpc) is 3.33. The first-order chi connectivity index (χ1) is 12.1. The standard InChI is InChI=1S/C18H21N3O2S2/c1-19-9-17(23)21(15-3-7-25-11-15)13-18(19)4-5-20(12-18)16(22)8-14-2-6-24-10-14/h2-3,6-7,10-11H,4-5,8-9,12-13H2,1H3/t18-/m1/s1. The zero-order valence-electron chi connectivity index (χ0n) is 14.2. The highest BCUT2D eigenvalue weighted by atomic mass is 32.1. The molecule has 5 nitrogen and oxygen atoms in total. The number of likely N-dealkylation sites (tertiary alicyclic amines) is 1. The van der Waals surface area contributed by atoms with E-state index in [0.29, 0.717) is 26.1 Å². The molecule has 0 unspecified atom stereocenters. The number of likely N-dealkylation sites (N-methyl/N-ethyl adjacent to an activating group) is 1. The number of nitrogens with zero attached hydrogens (tertiary/aromatic N) is 3. The molecule has 4 heterocycles. The fourth-order valence-electron chi connectivity index (χ4n) is 3.79. The normalized spacial score (nSPS) is 24.4. The van der Waals surface area contributed by atoms with Crippen molar-refractivity contribution in [3.8, 4) is 0 Å². The van der Waals surface area contributed by atoms with E-state index in [2.05, 4.69) is 4.90 Å². The van der Waals surface area contributed by atoms with Gasteiger partial charge in [0.25, 0.3) is 0 Å². The van der Waals surface area contributed by atoms with Crippen molar-refractivity contribution in [3.63, 3.8) is 0 Å². The van der Waals surface area contributed by atoms with Gasteiger partial charge in [-0.1, -0.05) is 0 Å². The van der Waals surface area contributed by atoms with Gasteiger partial charge in [-0.15, -0.1) is 0 Å². The van der Waals surface area contributed by atoms with Crippen LogP contribution in [-0.2, 0) is 16.0 Å². The molecule has 0 bridgehead atoms. The van der Waals surface area contributed by atoms with Crippen molar-refractivity contribution in [2.45, 2.75) is 18.4 Å². The maximum Gasteiger partial charge on any atom is 0.241 e. The lowest BCUT2D eigenvalue weighted by Gasteiger charge is -2.46. The molecule has 2 aliphatic rings. The van der Waals surface area contributed by atoms with Crippen LogP contribution in [0.5, 0.6) is 0 Å². The van der Waals surface area contributed by atoms with Crippen LogP contribution in [-0.4, -0.2) is 60.4 Å². The van der Waals surface area contributed by atoms with E-state index in [1.54, 1.807) is 22.7 Å². The Balaban J connectivity index is 1.49. The number of rotatable bonds is 3. The molecule has 0 aromatic carbocycles. The van der Waals surface area contributed by atoms with Crippen LogP contribution in [0.15, 0.2) is 33.7 Å². The molecule has 2 aromatic heterocycles. The van der Waals surface area contributed by atoms with Crippen molar-refractivity contribution in [3.05, 3.63) is 39.2 Å². The smallest absolute Gasteiger partial charge is 0.241 e. The van der Waals surface area contributed by atoms with Crippen LogP contribution in [0.3, 0.4) is 0 Å². The van der Waals surface area contributed by atoms with Gasteiger partial charge < -0.3 is 9.80 Å². The first-order valence-electron chi connectivity index (χ1n) is 8.40. The Bertz CT molecular complexity index is 759. The number of piperazine rings is 1. The quantitative estimate of drug-likeness (QED) is 0.827. The molecular weight excluding hydrogens is 354 g/mol. The topological polar surface area (TPSA) is 43.9 Å². The van der Waals surface area contributed by atoms with E-state index in [1.807, 2.05) is 50.5 Å². The minimum Gasteiger partial charge on any atom is -0.340 e. The summed E-state index contributed by atoms with van der Waals surface area (Å²) in [5, 5.41) is 8.06. The van der Waals surface area contributed by atoms with Crippen molar-refractivity contribution in [1.82, 2.24) is 9.80 Å². The Morgan fingerprint density at radius 2 is 2.00 bits per heavy atom. The van der Waals surface area contributed by atoms with Crippen molar-refractivity contribution < 1.29 is 9.59 Å². The number of amides is 2. The third-order valence-corrected chi connectivity index (χ3v) is 6.78. The highest BCUT2D eigenvalue weighted by molar-refractivity contribution is 7.08. The minimum absolute atomic E-state index is 0.134. The van der Waals surface area contributed by atoms with E-state index in [4.69, 9.17) is 0 Å².